The Kier molecular flexibility index (Phi) is 8.70. The van der Waals surface area contributed by atoms with Gasteiger partial charge in [0.05, 0.1) is 7.11 Å². The molecule has 0 aromatic heterocycles. The van der Waals surface area contributed by atoms with Crippen LogP contribution in [0.5, 0.6) is 0 Å². The lowest BCUT2D eigenvalue weighted by Gasteiger charge is -2.46. The van der Waals surface area contributed by atoms with Crippen molar-refractivity contribution >= 4 is 19.6 Å². The first-order valence-corrected chi connectivity index (χ1v) is 6.68. The topological polar surface area (TPSA) is 73.3 Å². The molecule has 1 unspecified atom stereocenters. The molecule has 17 heavy (non-hydrogen) atoms. The fourth-order valence-corrected chi connectivity index (χ4v) is 1.20. The third-order valence-electron chi connectivity index (χ3n) is 2.19. The Morgan fingerprint density at radius 1 is 1.00 bits per heavy atom. The van der Waals surface area contributed by atoms with Crippen molar-refractivity contribution in [2.45, 2.75) is 5.53 Å². The summed E-state index contributed by atoms with van der Waals surface area (Å²) in [6.07, 6.45) is 0. The molecule has 0 aliphatic carbocycles. The van der Waals surface area contributed by atoms with Gasteiger partial charge in [0, 0.05) is 0 Å². The summed E-state index contributed by atoms with van der Waals surface area (Å²) in [7, 11) is 11.9. The first-order valence-electron chi connectivity index (χ1n) is 4.73. The Balaban J connectivity index is 0. The molecule has 9 heteroatoms. The summed E-state index contributed by atoms with van der Waals surface area (Å²) >= 11 is 0. The van der Waals surface area contributed by atoms with Gasteiger partial charge >= 0.3 is 10.4 Å². The average molecular weight is 289 g/mol. The molecule has 0 aliphatic rings. The van der Waals surface area contributed by atoms with E-state index in [9.17, 15) is 8.42 Å². The van der Waals surface area contributed by atoms with Crippen LogP contribution in [0.15, 0.2) is 0 Å². The Morgan fingerprint density at radius 3 is 1.18 bits per heavy atom. The smallest absolute Gasteiger partial charge is 0.276 e. The zero-order valence-electron chi connectivity index (χ0n) is 11.5. The van der Waals surface area contributed by atoms with Crippen molar-refractivity contribution in [1.29, 1.82) is 0 Å². The first kappa shape index (κ1) is 19.5. The fourth-order valence-electron chi connectivity index (χ4n) is 1.20. The molecule has 0 rings (SSSR count). The minimum atomic E-state index is -4.16. The molecule has 0 amide bonds. The maximum atomic E-state index is 9.33. The van der Waals surface area contributed by atoms with Gasteiger partial charge in [-0.05, 0) is 42.3 Å². The zero-order chi connectivity index (χ0) is 14.4. The van der Waals surface area contributed by atoms with Crippen LogP contribution in [-0.2, 0) is 14.6 Å². The van der Waals surface area contributed by atoms with Crippen LogP contribution in [-0.4, -0.2) is 82.6 Å². The molecule has 0 saturated heterocycles. The average Bonchev–Trinajstić information content (AvgIpc) is 2.15. The van der Waals surface area contributed by atoms with Crippen LogP contribution in [0.2, 0.25) is 0 Å². The van der Waals surface area contributed by atoms with Crippen LogP contribution < -0.4 is 0 Å². The molecule has 0 saturated carbocycles. The molecule has 0 aromatic rings. The van der Waals surface area contributed by atoms with Crippen molar-refractivity contribution in [3.8, 4) is 0 Å². The molecule has 106 valence electrons. The Labute approximate surface area is 107 Å². The first-order chi connectivity index (χ1) is 7.39. The van der Waals surface area contributed by atoms with Gasteiger partial charge < -0.3 is 0 Å². The summed E-state index contributed by atoms with van der Waals surface area (Å²) in [5, 5.41) is 0. The van der Waals surface area contributed by atoms with E-state index >= 15 is 0 Å². The molecule has 0 bridgehead atoms. The predicted octanol–water partition coefficient (Wildman–Crippen LogP) is -0.407. The monoisotopic (exact) mass is 289 g/mol. The number of hydrogen-bond donors (Lipinski definition) is 1. The highest BCUT2D eigenvalue weighted by Gasteiger charge is 2.31. The van der Waals surface area contributed by atoms with E-state index in [1.807, 2.05) is 0 Å². The third-order valence-corrected chi connectivity index (χ3v) is 4.16. The molecule has 0 fully saturated rings. The summed E-state index contributed by atoms with van der Waals surface area (Å²) in [4.78, 5) is 6.45. The second-order valence-corrected chi connectivity index (χ2v) is 5.93. The minimum Gasteiger partial charge on any atom is -0.276 e. The maximum absolute atomic E-state index is 9.33. The van der Waals surface area contributed by atoms with Gasteiger partial charge in [-0.3, -0.25) is 23.4 Å². The normalized spacial score (nSPS) is 12.9. The molecule has 0 spiro atoms. The number of nitrogens with zero attached hydrogens (tertiary/aromatic N) is 3. The van der Waals surface area contributed by atoms with E-state index in [0.717, 1.165) is 7.11 Å². The van der Waals surface area contributed by atoms with Crippen molar-refractivity contribution in [3.63, 3.8) is 0 Å². The van der Waals surface area contributed by atoms with Crippen LogP contribution >= 0.6 is 9.24 Å². The molecule has 7 nitrogen and oxygen atoms in total. The van der Waals surface area contributed by atoms with E-state index in [1.165, 1.54) is 0 Å². The predicted molar refractivity (Wildman–Crippen MR) is 72.1 cm³/mol. The maximum Gasteiger partial charge on any atom is 0.397 e. The summed E-state index contributed by atoms with van der Waals surface area (Å²) in [5.41, 5.74) is -0.0833. The molecular weight excluding hydrogens is 265 g/mol. The van der Waals surface area contributed by atoms with Gasteiger partial charge in [-0.2, -0.15) is 8.42 Å². The standard InChI is InChI=1S/C7H20N3P.CH4O4S/c1-8(2)7(11,9(3)4)10(5)6;1-5-6(2,3)4/h11H2,1-6H3;1H3,(H,2,3,4). The fraction of sp³-hybridized carbons (Fsp3) is 1.00. The highest BCUT2D eigenvalue weighted by Crippen LogP contribution is 2.25. The quantitative estimate of drug-likeness (QED) is 0.428. The number of hydrogen-bond acceptors (Lipinski definition) is 6. The third kappa shape index (κ3) is 7.25. The van der Waals surface area contributed by atoms with Crippen molar-refractivity contribution in [3.05, 3.63) is 0 Å². The van der Waals surface area contributed by atoms with Gasteiger partial charge in [0.2, 0.25) is 0 Å². The lowest BCUT2D eigenvalue weighted by atomic mass is 10.5. The lowest BCUT2D eigenvalue weighted by Crippen LogP contribution is -2.59. The molecule has 1 atom stereocenters. The molecule has 0 heterocycles. The summed E-state index contributed by atoms with van der Waals surface area (Å²) in [6, 6.07) is 0. The Bertz CT molecular complexity index is 284. The molecule has 0 aliphatic heterocycles. The van der Waals surface area contributed by atoms with Crippen molar-refractivity contribution in [1.82, 2.24) is 14.7 Å². The second kappa shape index (κ2) is 7.58. The van der Waals surface area contributed by atoms with Gasteiger partial charge in [0.15, 0.2) is 0 Å². The summed E-state index contributed by atoms with van der Waals surface area (Å²) in [6.45, 7) is 0. The molecule has 0 aromatic carbocycles. The van der Waals surface area contributed by atoms with Gasteiger partial charge in [0.25, 0.3) is 0 Å². The highest BCUT2D eigenvalue weighted by atomic mass is 32.3. The highest BCUT2D eigenvalue weighted by molar-refractivity contribution is 7.80. The van der Waals surface area contributed by atoms with Crippen molar-refractivity contribution in [2.24, 2.45) is 0 Å². The zero-order valence-corrected chi connectivity index (χ0v) is 13.5. The van der Waals surface area contributed by atoms with Gasteiger partial charge in [-0.1, -0.05) is 9.24 Å². The van der Waals surface area contributed by atoms with E-state index in [-0.39, 0.29) is 5.53 Å². The van der Waals surface area contributed by atoms with Crippen LogP contribution in [0.1, 0.15) is 0 Å². The van der Waals surface area contributed by atoms with E-state index in [1.54, 1.807) is 0 Å². The van der Waals surface area contributed by atoms with E-state index in [4.69, 9.17) is 4.55 Å². The molecular formula is C8H24N3O4PS. The van der Waals surface area contributed by atoms with Crippen LogP contribution in [0.3, 0.4) is 0 Å². The Morgan fingerprint density at radius 2 is 1.18 bits per heavy atom. The van der Waals surface area contributed by atoms with E-state index < -0.39 is 10.4 Å². The number of rotatable bonds is 4. The van der Waals surface area contributed by atoms with Crippen LogP contribution in [0.25, 0.3) is 0 Å². The largest absolute Gasteiger partial charge is 0.397 e. The lowest BCUT2D eigenvalue weighted by molar-refractivity contribution is -0.0264. The van der Waals surface area contributed by atoms with Crippen LogP contribution in [0, 0.1) is 0 Å². The summed E-state index contributed by atoms with van der Waals surface area (Å²) < 4.78 is 29.7. The SMILES string of the molecule is CN(C)C(P)(N(C)C)N(C)C.COS(=O)(=O)O. The van der Waals surface area contributed by atoms with E-state index in [2.05, 4.69) is 70.4 Å². The van der Waals surface area contributed by atoms with Gasteiger partial charge in [0.1, 0.15) is 5.53 Å². The van der Waals surface area contributed by atoms with E-state index in [0.29, 0.717) is 0 Å². The minimum absolute atomic E-state index is 0.0833. The summed E-state index contributed by atoms with van der Waals surface area (Å²) in [5.74, 6) is 0. The Hall–Kier alpha value is 0.180. The van der Waals surface area contributed by atoms with Crippen molar-refractivity contribution < 1.29 is 17.2 Å². The molecule has 1 N–H and O–H groups in total. The van der Waals surface area contributed by atoms with Crippen molar-refractivity contribution in [2.75, 3.05) is 49.4 Å². The van der Waals surface area contributed by atoms with Crippen LogP contribution in [0.4, 0.5) is 0 Å². The van der Waals surface area contributed by atoms with Gasteiger partial charge in [-0.25, -0.2) is 0 Å². The van der Waals surface area contributed by atoms with Gasteiger partial charge in [-0.15, -0.1) is 0 Å². The second-order valence-electron chi connectivity index (χ2n) is 3.96. The molecule has 0 radical (unpaired) electrons.